The van der Waals surface area contributed by atoms with Crippen molar-refractivity contribution in [2.75, 3.05) is 0 Å². The summed E-state index contributed by atoms with van der Waals surface area (Å²) in [6, 6.07) is 14.2. The van der Waals surface area contributed by atoms with Crippen LogP contribution in [-0.4, -0.2) is 9.39 Å². The molecule has 19 heavy (non-hydrogen) atoms. The largest absolute Gasteiger partial charge is 0.460 e. The van der Waals surface area contributed by atoms with Gasteiger partial charge in [-0.05, 0) is 29.7 Å². The third-order valence-electron chi connectivity index (χ3n) is 3.33. The summed E-state index contributed by atoms with van der Waals surface area (Å²) in [6.07, 6.45) is 0.766. The number of halogens is 1. The molecule has 0 aliphatic carbocycles. The van der Waals surface area contributed by atoms with E-state index in [-0.39, 0.29) is 5.97 Å². The second-order valence-electron chi connectivity index (χ2n) is 4.77. The summed E-state index contributed by atoms with van der Waals surface area (Å²) in [5, 5.41) is 2.31. The molecular formula is C16H17IO2. The van der Waals surface area contributed by atoms with Crippen LogP contribution in [0.2, 0.25) is 0 Å². The predicted molar refractivity (Wildman–Crippen MR) is 86.5 cm³/mol. The van der Waals surface area contributed by atoms with Crippen molar-refractivity contribution in [1.29, 1.82) is 0 Å². The first-order chi connectivity index (χ1) is 9.04. The van der Waals surface area contributed by atoms with Gasteiger partial charge in [-0.2, -0.15) is 0 Å². The number of fused-ring (bicyclic) bond motifs is 1. The third kappa shape index (κ3) is 3.26. The average Bonchev–Trinajstić information content (AvgIpc) is 2.44. The van der Waals surface area contributed by atoms with E-state index >= 15 is 0 Å². The van der Waals surface area contributed by atoms with Gasteiger partial charge >= 0.3 is 5.97 Å². The van der Waals surface area contributed by atoms with Crippen LogP contribution >= 0.6 is 22.6 Å². The quantitative estimate of drug-likeness (QED) is 0.452. The van der Waals surface area contributed by atoms with Crippen LogP contribution in [0.15, 0.2) is 42.5 Å². The average molecular weight is 368 g/mol. The van der Waals surface area contributed by atoms with Crippen LogP contribution < -0.4 is 0 Å². The maximum atomic E-state index is 12.0. The Morgan fingerprint density at radius 3 is 2.63 bits per heavy atom. The smallest absolute Gasteiger partial charge is 0.322 e. The monoisotopic (exact) mass is 368 g/mol. The standard InChI is InChI=1S/C16H17IO2/c1-3-16(2,17)15(18)19-11-13-9-6-8-12-7-4-5-10-14(12)13/h4-10H,3,11H2,1-2H3. The highest BCUT2D eigenvalue weighted by atomic mass is 127. The summed E-state index contributed by atoms with van der Waals surface area (Å²) in [5.41, 5.74) is 1.05. The normalized spacial score (nSPS) is 14.1. The van der Waals surface area contributed by atoms with E-state index in [4.69, 9.17) is 4.74 Å². The van der Waals surface area contributed by atoms with Crippen LogP contribution in [0.5, 0.6) is 0 Å². The van der Waals surface area contributed by atoms with Gasteiger partial charge in [0, 0.05) is 0 Å². The van der Waals surface area contributed by atoms with Gasteiger partial charge in [-0.3, -0.25) is 4.79 Å². The van der Waals surface area contributed by atoms with E-state index < -0.39 is 3.42 Å². The lowest BCUT2D eigenvalue weighted by atomic mass is 10.1. The molecule has 3 heteroatoms. The molecule has 0 aliphatic heterocycles. The number of carbonyl (C=O) groups excluding carboxylic acids is 1. The molecule has 100 valence electrons. The summed E-state index contributed by atoms with van der Waals surface area (Å²) in [6.45, 7) is 4.23. The maximum Gasteiger partial charge on any atom is 0.322 e. The Morgan fingerprint density at radius 1 is 1.21 bits per heavy atom. The molecule has 2 aromatic carbocycles. The number of esters is 1. The zero-order valence-electron chi connectivity index (χ0n) is 11.2. The van der Waals surface area contributed by atoms with Gasteiger partial charge in [-0.15, -0.1) is 0 Å². The van der Waals surface area contributed by atoms with Crippen molar-refractivity contribution in [2.24, 2.45) is 0 Å². The highest BCUT2D eigenvalue weighted by molar-refractivity contribution is 14.1. The highest BCUT2D eigenvalue weighted by Crippen LogP contribution is 2.25. The number of ether oxygens (including phenoxy) is 1. The lowest BCUT2D eigenvalue weighted by molar-refractivity contribution is -0.146. The number of hydrogen-bond acceptors (Lipinski definition) is 2. The molecule has 0 N–H and O–H groups in total. The van der Waals surface area contributed by atoms with Crippen molar-refractivity contribution in [2.45, 2.75) is 30.3 Å². The third-order valence-corrected chi connectivity index (χ3v) is 4.53. The van der Waals surface area contributed by atoms with E-state index in [1.165, 1.54) is 5.39 Å². The predicted octanol–water partition coefficient (Wildman–Crippen LogP) is 4.49. The second-order valence-corrected chi connectivity index (χ2v) is 7.15. The molecule has 1 unspecified atom stereocenters. The summed E-state index contributed by atoms with van der Waals surface area (Å²) < 4.78 is 5.00. The molecule has 1 atom stereocenters. The van der Waals surface area contributed by atoms with Crippen molar-refractivity contribution in [3.05, 3.63) is 48.0 Å². The molecule has 0 bridgehead atoms. The zero-order chi connectivity index (χ0) is 13.9. The Hall–Kier alpha value is -1.10. The van der Waals surface area contributed by atoms with Crippen LogP contribution in [0, 0.1) is 0 Å². The molecule has 0 amide bonds. The Kier molecular flexibility index (Phi) is 4.45. The Balaban J connectivity index is 2.17. The van der Waals surface area contributed by atoms with Gasteiger partial charge in [-0.25, -0.2) is 0 Å². The molecule has 0 spiro atoms. The molecule has 0 aromatic heterocycles. The van der Waals surface area contributed by atoms with E-state index in [1.54, 1.807) is 0 Å². The first-order valence-corrected chi connectivity index (χ1v) is 7.45. The summed E-state index contributed by atoms with van der Waals surface area (Å²) in [4.78, 5) is 12.0. The molecule has 0 heterocycles. The van der Waals surface area contributed by atoms with Gasteiger partial charge in [0.2, 0.25) is 0 Å². The van der Waals surface area contributed by atoms with Crippen LogP contribution in [-0.2, 0) is 16.1 Å². The molecule has 0 aliphatic rings. The molecule has 2 nitrogen and oxygen atoms in total. The van der Waals surface area contributed by atoms with Gasteiger partial charge < -0.3 is 4.74 Å². The van der Waals surface area contributed by atoms with E-state index in [0.717, 1.165) is 17.4 Å². The van der Waals surface area contributed by atoms with Crippen LogP contribution in [0.3, 0.4) is 0 Å². The molecule has 2 rings (SSSR count). The van der Waals surface area contributed by atoms with E-state index in [2.05, 4.69) is 40.8 Å². The minimum absolute atomic E-state index is 0.150. The molecule has 0 radical (unpaired) electrons. The summed E-state index contributed by atoms with van der Waals surface area (Å²) in [5.74, 6) is -0.150. The number of hydrogen-bond donors (Lipinski definition) is 0. The fraction of sp³-hybridized carbons (Fsp3) is 0.312. The van der Waals surface area contributed by atoms with Crippen LogP contribution in [0.1, 0.15) is 25.8 Å². The van der Waals surface area contributed by atoms with Crippen LogP contribution in [0.25, 0.3) is 10.8 Å². The van der Waals surface area contributed by atoms with Gasteiger partial charge in [-0.1, -0.05) is 72.0 Å². The fourth-order valence-corrected chi connectivity index (χ4v) is 2.01. The van der Waals surface area contributed by atoms with Gasteiger partial charge in [0.15, 0.2) is 0 Å². The van der Waals surface area contributed by atoms with Gasteiger partial charge in [0.25, 0.3) is 0 Å². The van der Waals surface area contributed by atoms with Crippen molar-refractivity contribution in [1.82, 2.24) is 0 Å². The summed E-state index contributed by atoms with van der Waals surface area (Å²) >= 11 is 2.15. The first-order valence-electron chi connectivity index (χ1n) is 6.37. The second kappa shape index (κ2) is 5.90. The lowest BCUT2D eigenvalue weighted by Crippen LogP contribution is -2.29. The lowest BCUT2D eigenvalue weighted by Gasteiger charge is -2.18. The summed E-state index contributed by atoms with van der Waals surface area (Å²) in [7, 11) is 0. The minimum atomic E-state index is -0.442. The number of rotatable bonds is 4. The molecule has 0 saturated carbocycles. The SMILES string of the molecule is CCC(C)(I)C(=O)OCc1cccc2ccccc12. The molecule has 0 fully saturated rings. The Labute approximate surface area is 127 Å². The Morgan fingerprint density at radius 2 is 1.89 bits per heavy atom. The van der Waals surface area contributed by atoms with Gasteiger partial charge in [0.1, 0.15) is 10.0 Å². The number of benzene rings is 2. The molecule has 2 aromatic rings. The fourth-order valence-electron chi connectivity index (χ4n) is 1.86. The van der Waals surface area contributed by atoms with Gasteiger partial charge in [0.05, 0.1) is 0 Å². The number of carbonyl (C=O) groups is 1. The Bertz CT molecular complexity index is 585. The highest BCUT2D eigenvalue weighted by Gasteiger charge is 2.29. The molecule has 0 saturated heterocycles. The van der Waals surface area contributed by atoms with Crippen molar-refractivity contribution in [3.63, 3.8) is 0 Å². The van der Waals surface area contributed by atoms with Crippen LogP contribution in [0.4, 0.5) is 0 Å². The minimum Gasteiger partial charge on any atom is -0.460 e. The number of alkyl halides is 1. The van der Waals surface area contributed by atoms with Crippen molar-refractivity contribution in [3.8, 4) is 0 Å². The van der Waals surface area contributed by atoms with E-state index in [9.17, 15) is 4.79 Å². The first kappa shape index (κ1) is 14.3. The zero-order valence-corrected chi connectivity index (χ0v) is 13.3. The topological polar surface area (TPSA) is 26.3 Å². The van der Waals surface area contributed by atoms with E-state index in [0.29, 0.717) is 6.61 Å². The van der Waals surface area contributed by atoms with E-state index in [1.807, 2.05) is 38.1 Å². The van der Waals surface area contributed by atoms with Crippen molar-refractivity contribution >= 4 is 39.3 Å². The maximum absolute atomic E-state index is 12.0. The molecular weight excluding hydrogens is 351 g/mol. The van der Waals surface area contributed by atoms with Crippen molar-refractivity contribution < 1.29 is 9.53 Å².